The number of rotatable bonds is 1. The van der Waals surface area contributed by atoms with Crippen LogP contribution >= 0.6 is 15.9 Å². The van der Waals surface area contributed by atoms with Crippen LogP contribution in [-0.4, -0.2) is 28.9 Å². The minimum Gasteiger partial charge on any atom is -0.335 e. The van der Waals surface area contributed by atoms with Gasteiger partial charge in [-0.15, -0.1) is 0 Å². The molecule has 0 aliphatic carbocycles. The van der Waals surface area contributed by atoms with E-state index in [4.69, 9.17) is 0 Å². The minimum atomic E-state index is 0.0590. The summed E-state index contributed by atoms with van der Waals surface area (Å²) in [6, 6.07) is 3.59. The van der Waals surface area contributed by atoms with Crippen molar-refractivity contribution >= 4 is 21.8 Å². The highest BCUT2D eigenvalue weighted by molar-refractivity contribution is 9.10. The summed E-state index contributed by atoms with van der Waals surface area (Å²) >= 11 is 3.25. The van der Waals surface area contributed by atoms with Crippen LogP contribution in [0.4, 0.5) is 0 Å². The lowest BCUT2D eigenvalue weighted by molar-refractivity contribution is 0.0768. The standard InChI is InChI=1S/C12H13BrN2O/c1-9-4-6-15(7-5-9)12(16)10-2-3-11(13)14-8-10/h2-4,8H,5-7H2,1H3. The summed E-state index contributed by atoms with van der Waals surface area (Å²) in [6.45, 7) is 3.61. The van der Waals surface area contributed by atoms with E-state index in [1.165, 1.54) is 5.57 Å². The fourth-order valence-electron chi connectivity index (χ4n) is 1.64. The van der Waals surface area contributed by atoms with Crippen LogP contribution in [0.5, 0.6) is 0 Å². The first-order valence-corrected chi connectivity index (χ1v) is 6.02. The van der Waals surface area contributed by atoms with E-state index in [0.717, 1.165) is 17.6 Å². The number of hydrogen-bond donors (Lipinski definition) is 0. The van der Waals surface area contributed by atoms with Gasteiger partial charge in [0, 0.05) is 19.3 Å². The van der Waals surface area contributed by atoms with E-state index in [-0.39, 0.29) is 5.91 Å². The van der Waals surface area contributed by atoms with Crippen molar-refractivity contribution in [2.75, 3.05) is 13.1 Å². The van der Waals surface area contributed by atoms with Gasteiger partial charge in [-0.2, -0.15) is 0 Å². The normalized spacial score (nSPS) is 15.9. The van der Waals surface area contributed by atoms with Gasteiger partial charge < -0.3 is 4.90 Å². The molecule has 4 heteroatoms. The molecule has 1 aromatic rings. The fourth-order valence-corrected chi connectivity index (χ4v) is 1.87. The highest BCUT2D eigenvalue weighted by Crippen LogP contribution is 2.14. The number of nitrogens with zero attached hydrogens (tertiary/aromatic N) is 2. The van der Waals surface area contributed by atoms with Crippen molar-refractivity contribution in [3.05, 3.63) is 40.1 Å². The van der Waals surface area contributed by atoms with E-state index in [2.05, 4.69) is 33.9 Å². The molecule has 1 amide bonds. The molecule has 0 atom stereocenters. The Hall–Kier alpha value is -1.16. The van der Waals surface area contributed by atoms with Gasteiger partial charge in [-0.1, -0.05) is 11.6 Å². The number of amides is 1. The molecule has 0 saturated carbocycles. The first-order valence-electron chi connectivity index (χ1n) is 5.23. The molecule has 3 nitrogen and oxygen atoms in total. The van der Waals surface area contributed by atoms with Crippen LogP contribution in [0.2, 0.25) is 0 Å². The Morgan fingerprint density at radius 2 is 2.31 bits per heavy atom. The first-order chi connectivity index (χ1) is 7.66. The van der Waals surface area contributed by atoms with E-state index in [1.54, 1.807) is 18.3 Å². The summed E-state index contributed by atoms with van der Waals surface area (Å²) < 4.78 is 0.749. The maximum atomic E-state index is 12.1. The van der Waals surface area contributed by atoms with Gasteiger partial charge in [-0.05, 0) is 41.4 Å². The van der Waals surface area contributed by atoms with E-state index in [1.807, 2.05) is 4.90 Å². The van der Waals surface area contributed by atoms with Gasteiger partial charge in [-0.25, -0.2) is 4.98 Å². The predicted octanol–water partition coefficient (Wildman–Crippen LogP) is 2.64. The number of carbonyl (C=O) groups excluding carboxylic acids is 1. The van der Waals surface area contributed by atoms with Crippen molar-refractivity contribution < 1.29 is 4.79 Å². The van der Waals surface area contributed by atoms with Gasteiger partial charge in [-0.3, -0.25) is 4.79 Å². The smallest absolute Gasteiger partial charge is 0.255 e. The Kier molecular flexibility index (Phi) is 3.39. The quantitative estimate of drug-likeness (QED) is 0.585. The molecule has 16 heavy (non-hydrogen) atoms. The lowest BCUT2D eigenvalue weighted by Crippen LogP contribution is -2.34. The van der Waals surface area contributed by atoms with E-state index in [0.29, 0.717) is 12.1 Å². The second kappa shape index (κ2) is 4.78. The van der Waals surface area contributed by atoms with Crippen molar-refractivity contribution in [2.24, 2.45) is 0 Å². The van der Waals surface area contributed by atoms with Crippen LogP contribution in [0, 0.1) is 0 Å². The first kappa shape index (κ1) is 11.3. The summed E-state index contributed by atoms with van der Waals surface area (Å²) in [5.41, 5.74) is 2.01. The molecule has 1 aliphatic heterocycles. The molecule has 0 spiro atoms. The number of aromatic nitrogens is 1. The molecule has 0 fully saturated rings. The predicted molar refractivity (Wildman–Crippen MR) is 66.2 cm³/mol. The molecule has 1 aliphatic rings. The summed E-state index contributed by atoms with van der Waals surface area (Å²) in [6.07, 6.45) is 4.68. The molecule has 0 aromatic carbocycles. The van der Waals surface area contributed by atoms with Gasteiger partial charge >= 0.3 is 0 Å². The summed E-state index contributed by atoms with van der Waals surface area (Å²) in [5, 5.41) is 0. The van der Waals surface area contributed by atoms with Crippen molar-refractivity contribution in [1.29, 1.82) is 0 Å². The number of pyridine rings is 1. The highest BCUT2D eigenvalue weighted by Gasteiger charge is 2.17. The Morgan fingerprint density at radius 1 is 1.50 bits per heavy atom. The Bertz CT molecular complexity index is 425. The van der Waals surface area contributed by atoms with E-state index >= 15 is 0 Å². The van der Waals surface area contributed by atoms with Crippen molar-refractivity contribution in [3.63, 3.8) is 0 Å². The van der Waals surface area contributed by atoms with Crippen LogP contribution in [0.3, 0.4) is 0 Å². The van der Waals surface area contributed by atoms with Crippen LogP contribution < -0.4 is 0 Å². The van der Waals surface area contributed by atoms with Gasteiger partial charge in [0.05, 0.1) is 5.56 Å². The number of halogens is 1. The molecular weight excluding hydrogens is 268 g/mol. The Balaban J connectivity index is 2.11. The third-order valence-corrected chi connectivity index (χ3v) is 3.17. The van der Waals surface area contributed by atoms with Crippen LogP contribution in [0.15, 0.2) is 34.6 Å². The van der Waals surface area contributed by atoms with Gasteiger partial charge in [0.15, 0.2) is 0 Å². The molecule has 2 heterocycles. The summed E-state index contributed by atoms with van der Waals surface area (Å²) in [7, 11) is 0. The molecule has 0 unspecified atom stereocenters. The van der Waals surface area contributed by atoms with E-state index in [9.17, 15) is 4.79 Å². The third-order valence-electron chi connectivity index (χ3n) is 2.70. The van der Waals surface area contributed by atoms with Crippen LogP contribution in [-0.2, 0) is 0 Å². The zero-order chi connectivity index (χ0) is 11.5. The zero-order valence-corrected chi connectivity index (χ0v) is 10.7. The molecule has 1 aromatic heterocycles. The van der Waals surface area contributed by atoms with Gasteiger partial charge in [0.1, 0.15) is 4.60 Å². The maximum absolute atomic E-state index is 12.1. The van der Waals surface area contributed by atoms with Crippen LogP contribution in [0.25, 0.3) is 0 Å². The van der Waals surface area contributed by atoms with Crippen molar-refractivity contribution in [2.45, 2.75) is 13.3 Å². The molecular formula is C12H13BrN2O. The van der Waals surface area contributed by atoms with Crippen molar-refractivity contribution in [1.82, 2.24) is 9.88 Å². The van der Waals surface area contributed by atoms with Crippen molar-refractivity contribution in [3.8, 4) is 0 Å². The lowest BCUT2D eigenvalue weighted by atomic mass is 10.1. The Labute approximate surface area is 103 Å². The topological polar surface area (TPSA) is 33.2 Å². The molecule has 84 valence electrons. The average Bonchev–Trinajstić information content (AvgIpc) is 2.30. The minimum absolute atomic E-state index is 0.0590. The second-order valence-electron chi connectivity index (χ2n) is 3.92. The molecule has 0 N–H and O–H groups in total. The number of carbonyl (C=O) groups is 1. The monoisotopic (exact) mass is 280 g/mol. The molecule has 0 bridgehead atoms. The average molecular weight is 281 g/mol. The molecule has 0 radical (unpaired) electrons. The van der Waals surface area contributed by atoms with Gasteiger partial charge in [0.25, 0.3) is 5.91 Å². The maximum Gasteiger partial charge on any atom is 0.255 e. The second-order valence-corrected chi connectivity index (χ2v) is 4.73. The third kappa shape index (κ3) is 2.50. The SMILES string of the molecule is CC1=CCN(C(=O)c2ccc(Br)nc2)CC1. The lowest BCUT2D eigenvalue weighted by Gasteiger charge is -2.25. The van der Waals surface area contributed by atoms with E-state index < -0.39 is 0 Å². The summed E-state index contributed by atoms with van der Waals surface area (Å²) in [5.74, 6) is 0.0590. The fraction of sp³-hybridized carbons (Fsp3) is 0.333. The largest absolute Gasteiger partial charge is 0.335 e. The number of hydrogen-bond acceptors (Lipinski definition) is 2. The zero-order valence-electron chi connectivity index (χ0n) is 9.11. The molecule has 0 saturated heterocycles. The van der Waals surface area contributed by atoms with Gasteiger partial charge in [0.2, 0.25) is 0 Å². The highest BCUT2D eigenvalue weighted by atomic mass is 79.9. The van der Waals surface area contributed by atoms with Crippen LogP contribution in [0.1, 0.15) is 23.7 Å². The summed E-state index contributed by atoms with van der Waals surface area (Å²) in [4.78, 5) is 18.0. The molecule has 2 rings (SSSR count). The Morgan fingerprint density at radius 3 is 2.88 bits per heavy atom.